The summed E-state index contributed by atoms with van der Waals surface area (Å²) in [6.07, 6.45) is 1.82. The van der Waals surface area contributed by atoms with Gasteiger partial charge in [0.25, 0.3) is 5.91 Å². The Morgan fingerprint density at radius 2 is 1.97 bits per heavy atom. The number of H-pyrrole nitrogens is 1. The van der Waals surface area contributed by atoms with Gasteiger partial charge in [0.1, 0.15) is 18.3 Å². The Balaban J connectivity index is 1.74. The summed E-state index contributed by atoms with van der Waals surface area (Å²) >= 11 is 6.18. The Bertz CT molecular complexity index is 1070. The summed E-state index contributed by atoms with van der Waals surface area (Å²) in [5.41, 5.74) is 0.880. The summed E-state index contributed by atoms with van der Waals surface area (Å²) in [6, 6.07) is 5.02. The van der Waals surface area contributed by atoms with E-state index in [4.69, 9.17) is 11.6 Å². The van der Waals surface area contributed by atoms with E-state index in [1.54, 1.807) is 18.2 Å². The van der Waals surface area contributed by atoms with Gasteiger partial charge in [0.15, 0.2) is 5.78 Å². The zero-order chi connectivity index (χ0) is 24.8. The molecule has 1 saturated heterocycles. The van der Waals surface area contributed by atoms with Gasteiger partial charge in [0.2, 0.25) is 11.8 Å². The number of hydrogen-bond donors (Lipinski definition) is 5. The fourth-order valence-corrected chi connectivity index (χ4v) is 4.41. The molecule has 184 valence electrons. The maximum Gasteiger partial charge on any atom is 0.268 e. The van der Waals surface area contributed by atoms with Crippen molar-refractivity contribution in [3.8, 4) is 0 Å². The van der Waals surface area contributed by atoms with Gasteiger partial charge in [-0.3, -0.25) is 19.2 Å². The molecule has 3 amide bonds. The normalized spacial score (nSPS) is 17.8. The van der Waals surface area contributed by atoms with E-state index >= 15 is 0 Å². The first-order valence-corrected chi connectivity index (χ1v) is 11.9. The molecule has 0 aliphatic carbocycles. The summed E-state index contributed by atoms with van der Waals surface area (Å²) < 4.78 is 0. The Labute approximate surface area is 203 Å². The molecule has 9 nitrogen and oxygen atoms in total. The second kappa shape index (κ2) is 11.5. The van der Waals surface area contributed by atoms with Crippen molar-refractivity contribution in [2.45, 2.75) is 51.6 Å². The van der Waals surface area contributed by atoms with Crippen LogP contribution >= 0.6 is 11.6 Å². The monoisotopic (exact) mass is 490 g/mol. The van der Waals surface area contributed by atoms with Crippen molar-refractivity contribution in [3.05, 3.63) is 35.0 Å². The lowest BCUT2D eigenvalue weighted by molar-refractivity contribution is -0.132. The van der Waals surface area contributed by atoms with E-state index in [0.29, 0.717) is 29.9 Å². The number of aromatic nitrogens is 1. The fourth-order valence-electron chi connectivity index (χ4n) is 4.18. The lowest BCUT2D eigenvalue weighted by Crippen LogP contribution is -2.53. The molecule has 5 N–H and O–H groups in total. The van der Waals surface area contributed by atoms with Gasteiger partial charge in [-0.2, -0.15) is 0 Å². The Hall–Kier alpha value is -2.91. The molecule has 0 spiro atoms. The van der Waals surface area contributed by atoms with E-state index in [9.17, 15) is 24.3 Å². The van der Waals surface area contributed by atoms with Gasteiger partial charge in [0.05, 0.1) is 16.6 Å². The molecule has 3 atom stereocenters. The molecule has 0 unspecified atom stereocenters. The van der Waals surface area contributed by atoms with Crippen molar-refractivity contribution in [2.75, 3.05) is 13.2 Å². The molecule has 0 saturated carbocycles. The van der Waals surface area contributed by atoms with E-state index in [0.717, 1.165) is 11.8 Å². The number of hydrogen-bond acceptors (Lipinski definition) is 5. The number of amides is 3. The predicted molar refractivity (Wildman–Crippen MR) is 128 cm³/mol. The van der Waals surface area contributed by atoms with Gasteiger partial charge in [-0.05, 0) is 43.7 Å². The third-order valence-electron chi connectivity index (χ3n) is 5.96. The largest absolute Gasteiger partial charge is 0.389 e. The van der Waals surface area contributed by atoms with Gasteiger partial charge in [-0.25, -0.2) is 0 Å². The maximum atomic E-state index is 13.1. The zero-order valence-corrected chi connectivity index (χ0v) is 20.1. The highest BCUT2D eigenvalue weighted by Crippen LogP contribution is 2.23. The van der Waals surface area contributed by atoms with Gasteiger partial charge >= 0.3 is 0 Å². The van der Waals surface area contributed by atoms with Crippen molar-refractivity contribution in [1.29, 1.82) is 0 Å². The molecule has 0 bridgehead atoms. The first-order chi connectivity index (χ1) is 16.2. The van der Waals surface area contributed by atoms with Crippen molar-refractivity contribution in [3.63, 3.8) is 0 Å². The summed E-state index contributed by atoms with van der Waals surface area (Å²) in [5, 5.41) is 18.8. The zero-order valence-electron chi connectivity index (χ0n) is 19.3. The van der Waals surface area contributed by atoms with Crippen LogP contribution in [0, 0.1) is 11.8 Å². The number of rotatable bonds is 10. The molecule has 10 heteroatoms. The van der Waals surface area contributed by atoms with Crippen LogP contribution < -0.4 is 16.0 Å². The van der Waals surface area contributed by atoms with Gasteiger partial charge in [-0.1, -0.05) is 37.6 Å². The van der Waals surface area contributed by atoms with E-state index in [1.165, 1.54) is 0 Å². The van der Waals surface area contributed by atoms with Gasteiger partial charge in [0, 0.05) is 17.8 Å². The van der Waals surface area contributed by atoms with Crippen LogP contribution in [-0.2, 0) is 14.4 Å². The number of aliphatic hydroxyl groups is 1. The number of carbonyl (C=O) groups is 4. The minimum absolute atomic E-state index is 0.0734. The molecular weight excluding hydrogens is 460 g/mol. The van der Waals surface area contributed by atoms with Crippen LogP contribution in [0.2, 0.25) is 5.02 Å². The third kappa shape index (κ3) is 6.36. The lowest BCUT2D eigenvalue weighted by atomic mass is 9.90. The number of aromatic amines is 1. The molecule has 1 aliphatic heterocycles. The Morgan fingerprint density at radius 1 is 1.21 bits per heavy atom. The molecule has 1 fully saturated rings. The highest BCUT2D eigenvalue weighted by atomic mass is 35.5. The van der Waals surface area contributed by atoms with Crippen molar-refractivity contribution in [1.82, 2.24) is 20.9 Å². The van der Waals surface area contributed by atoms with E-state index in [2.05, 4.69) is 20.9 Å². The second-order valence-corrected chi connectivity index (χ2v) is 9.50. The molecule has 1 aromatic heterocycles. The topological polar surface area (TPSA) is 140 Å². The molecular formula is C24H31ClN4O5. The first kappa shape index (κ1) is 25.7. The summed E-state index contributed by atoms with van der Waals surface area (Å²) in [5.74, 6) is -2.12. The quantitative estimate of drug-likeness (QED) is 0.346. The highest BCUT2D eigenvalue weighted by Gasteiger charge is 2.32. The average molecular weight is 491 g/mol. The molecule has 2 aromatic rings. The third-order valence-corrected chi connectivity index (χ3v) is 6.27. The maximum absolute atomic E-state index is 13.1. The van der Waals surface area contributed by atoms with Crippen LogP contribution in [0.1, 0.15) is 50.0 Å². The Morgan fingerprint density at radius 3 is 2.62 bits per heavy atom. The number of halogens is 1. The molecule has 34 heavy (non-hydrogen) atoms. The van der Waals surface area contributed by atoms with Crippen molar-refractivity contribution in [2.24, 2.45) is 11.8 Å². The number of Topliss-reactive ketones (excluding diaryl/α,β-unsaturated/α-hetero) is 1. The summed E-state index contributed by atoms with van der Waals surface area (Å²) in [6.45, 7) is 3.66. The number of nitrogens with one attached hydrogen (secondary N) is 4. The minimum atomic E-state index is -1.02. The van der Waals surface area contributed by atoms with Crippen LogP contribution in [-0.4, -0.2) is 58.8 Å². The van der Waals surface area contributed by atoms with Gasteiger partial charge < -0.3 is 26.0 Å². The molecule has 1 aromatic carbocycles. The molecule has 1 aliphatic rings. The minimum Gasteiger partial charge on any atom is -0.389 e. The van der Waals surface area contributed by atoms with Crippen molar-refractivity contribution < 1.29 is 24.3 Å². The number of fused-ring (bicyclic) bond motifs is 1. The number of para-hydroxylation sites is 1. The number of aliphatic hydroxyl groups excluding tert-OH is 1. The highest BCUT2D eigenvalue weighted by molar-refractivity contribution is 6.35. The Kier molecular flexibility index (Phi) is 8.68. The van der Waals surface area contributed by atoms with Gasteiger partial charge in [-0.15, -0.1) is 0 Å². The van der Waals surface area contributed by atoms with Crippen LogP contribution in [0.25, 0.3) is 10.9 Å². The van der Waals surface area contributed by atoms with Crippen molar-refractivity contribution >= 4 is 46.0 Å². The van der Waals surface area contributed by atoms with Crippen LogP contribution in [0.4, 0.5) is 0 Å². The predicted octanol–water partition coefficient (Wildman–Crippen LogP) is 1.93. The van der Waals surface area contributed by atoms with E-state index in [1.807, 2.05) is 19.9 Å². The SMILES string of the molecule is CC(C)C[C@H](NC(=O)c1cc2cccc(Cl)c2[nH]1)C(=O)N[C@@H](C[C@@H]1CCCNC1=O)C(=O)CO. The van der Waals surface area contributed by atoms with Crippen LogP contribution in [0.3, 0.4) is 0 Å². The molecule has 2 heterocycles. The number of benzene rings is 1. The number of ketones is 1. The number of carbonyl (C=O) groups excluding carboxylic acids is 4. The van der Waals surface area contributed by atoms with E-state index in [-0.39, 0.29) is 23.9 Å². The smallest absolute Gasteiger partial charge is 0.268 e. The standard InChI is InChI=1S/C24H31ClN4O5/c1-13(2)9-18(29-24(34)19-10-14-5-3-7-16(25)21(14)27-19)23(33)28-17(20(31)12-30)11-15-6-4-8-26-22(15)32/h3,5,7,10,13,15,17-18,27,30H,4,6,8-9,11-12H2,1-2H3,(H,26,32)(H,28,33)(H,29,34)/t15-,17-,18-/m0/s1. The fraction of sp³-hybridized carbons (Fsp3) is 0.500. The van der Waals surface area contributed by atoms with Crippen LogP contribution in [0.5, 0.6) is 0 Å². The van der Waals surface area contributed by atoms with E-state index < -0.39 is 42.2 Å². The second-order valence-electron chi connectivity index (χ2n) is 9.09. The summed E-state index contributed by atoms with van der Waals surface area (Å²) in [7, 11) is 0. The van der Waals surface area contributed by atoms with Crippen LogP contribution in [0.15, 0.2) is 24.3 Å². The molecule has 3 rings (SSSR count). The lowest BCUT2D eigenvalue weighted by Gasteiger charge is -2.27. The summed E-state index contributed by atoms with van der Waals surface area (Å²) in [4.78, 5) is 53.5. The number of piperidine rings is 1. The molecule has 0 radical (unpaired) electrons. The average Bonchev–Trinajstić information content (AvgIpc) is 3.24. The first-order valence-electron chi connectivity index (χ1n) is 11.5.